The minimum Gasteiger partial charge on any atom is -0.373 e. The second-order valence-electron chi connectivity index (χ2n) is 6.27. The molecule has 0 amide bonds. The molecule has 0 bridgehead atoms. The Kier molecular flexibility index (Phi) is 4.26. The first-order valence-corrected chi connectivity index (χ1v) is 7.81. The van der Waals surface area contributed by atoms with Crippen LogP contribution in [0.1, 0.15) is 36.2 Å². The Morgan fingerprint density at radius 3 is 2.62 bits per heavy atom. The fraction of sp³-hybridized carbons (Fsp3) is 0.733. The second-order valence-corrected chi connectivity index (χ2v) is 6.27. The summed E-state index contributed by atoms with van der Waals surface area (Å²) in [5.74, 6) is 1.09. The Hall–Kier alpha value is -1.40. The van der Waals surface area contributed by atoms with Gasteiger partial charge in [-0.05, 0) is 45.1 Å². The van der Waals surface area contributed by atoms with Gasteiger partial charge in [0.1, 0.15) is 5.76 Å². The van der Waals surface area contributed by atoms with Crippen LogP contribution in [0, 0.1) is 12.8 Å². The SMILES string of the molecule is Cc1cc(=O)n(C(=O)CN2CCC(NCC3CC3)CC2)o1. The van der Waals surface area contributed by atoms with Crippen molar-refractivity contribution in [3.63, 3.8) is 0 Å². The molecule has 0 spiro atoms. The standard InChI is InChI=1S/C15H23N3O3/c1-11-8-14(19)18(21-11)15(20)10-17-6-4-13(5-7-17)16-9-12-2-3-12/h8,12-13,16H,2-7,9-10H2,1H3. The molecule has 0 atom stereocenters. The highest BCUT2D eigenvalue weighted by molar-refractivity contribution is 5.79. The summed E-state index contributed by atoms with van der Waals surface area (Å²) in [6.45, 7) is 4.85. The van der Waals surface area contributed by atoms with Gasteiger partial charge in [0.15, 0.2) is 0 Å². The highest BCUT2D eigenvalue weighted by Crippen LogP contribution is 2.28. The Labute approximate surface area is 124 Å². The molecule has 6 heteroatoms. The molecule has 1 aliphatic carbocycles. The lowest BCUT2D eigenvalue weighted by molar-refractivity contribution is 0.0690. The third-order valence-corrected chi connectivity index (χ3v) is 4.33. The lowest BCUT2D eigenvalue weighted by Gasteiger charge is -2.31. The maximum absolute atomic E-state index is 12.1. The van der Waals surface area contributed by atoms with Gasteiger partial charge in [0, 0.05) is 25.2 Å². The van der Waals surface area contributed by atoms with Crippen molar-refractivity contribution in [2.75, 3.05) is 26.2 Å². The van der Waals surface area contributed by atoms with E-state index in [1.165, 1.54) is 18.9 Å². The predicted molar refractivity (Wildman–Crippen MR) is 78.5 cm³/mol. The predicted octanol–water partition coefficient (Wildman–Crippen LogP) is 0.854. The molecule has 2 heterocycles. The summed E-state index contributed by atoms with van der Waals surface area (Å²) in [6, 6.07) is 1.91. The molecule has 1 aromatic rings. The monoisotopic (exact) mass is 293 g/mol. The van der Waals surface area contributed by atoms with Crippen LogP contribution in [0.4, 0.5) is 0 Å². The molecule has 1 aromatic heterocycles. The minimum absolute atomic E-state index is 0.252. The van der Waals surface area contributed by atoms with Crippen LogP contribution in [0.25, 0.3) is 0 Å². The van der Waals surface area contributed by atoms with Crippen molar-refractivity contribution in [2.45, 2.75) is 38.6 Å². The normalized spacial score (nSPS) is 20.8. The fourth-order valence-corrected chi connectivity index (χ4v) is 2.83. The van der Waals surface area contributed by atoms with Crippen LogP contribution in [0.15, 0.2) is 15.4 Å². The Bertz CT molecular complexity index is 551. The van der Waals surface area contributed by atoms with Crippen LogP contribution in [-0.4, -0.2) is 47.8 Å². The van der Waals surface area contributed by atoms with Gasteiger partial charge in [-0.2, -0.15) is 0 Å². The number of aromatic nitrogens is 1. The summed E-state index contributed by atoms with van der Waals surface area (Å²) in [6.07, 6.45) is 4.87. The molecule has 2 aliphatic rings. The van der Waals surface area contributed by atoms with Gasteiger partial charge in [-0.1, -0.05) is 0 Å². The molecule has 1 saturated carbocycles. The van der Waals surface area contributed by atoms with Gasteiger partial charge in [-0.25, -0.2) is 0 Å². The number of nitrogens with one attached hydrogen (secondary N) is 1. The third kappa shape index (κ3) is 3.83. The fourth-order valence-electron chi connectivity index (χ4n) is 2.83. The van der Waals surface area contributed by atoms with E-state index in [9.17, 15) is 9.59 Å². The Morgan fingerprint density at radius 2 is 2.05 bits per heavy atom. The third-order valence-electron chi connectivity index (χ3n) is 4.33. The smallest absolute Gasteiger partial charge is 0.290 e. The number of hydrogen-bond acceptors (Lipinski definition) is 5. The first-order chi connectivity index (χ1) is 10.1. The maximum atomic E-state index is 12.1. The zero-order valence-corrected chi connectivity index (χ0v) is 12.5. The summed E-state index contributed by atoms with van der Waals surface area (Å²) < 4.78 is 5.99. The first kappa shape index (κ1) is 14.5. The van der Waals surface area contributed by atoms with Crippen molar-refractivity contribution in [2.24, 2.45) is 5.92 Å². The first-order valence-electron chi connectivity index (χ1n) is 7.81. The van der Waals surface area contributed by atoms with Gasteiger partial charge < -0.3 is 9.84 Å². The number of hydrogen-bond donors (Lipinski definition) is 1. The molecule has 116 valence electrons. The zero-order chi connectivity index (χ0) is 14.8. The molecular weight excluding hydrogens is 270 g/mol. The quantitative estimate of drug-likeness (QED) is 0.872. The van der Waals surface area contributed by atoms with Crippen molar-refractivity contribution in [3.05, 3.63) is 22.2 Å². The van der Waals surface area contributed by atoms with Crippen molar-refractivity contribution < 1.29 is 9.32 Å². The topological polar surface area (TPSA) is 67.5 Å². The largest absolute Gasteiger partial charge is 0.373 e. The summed E-state index contributed by atoms with van der Waals surface area (Å²) in [7, 11) is 0. The summed E-state index contributed by atoms with van der Waals surface area (Å²) >= 11 is 0. The molecule has 6 nitrogen and oxygen atoms in total. The lowest BCUT2D eigenvalue weighted by Crippen LogP contribution is -2.45. The van der Waals surface area contributed by atoms with Gasteiger partial charge in [0.25, 0.3) is 11.5 Å². The van der Waals surface area contributed by atoms with Gasteiger partial charge in [0.05, 0.1) is 6.54 Å². The number of rotatable bonds is 5. The van der Waals surface area contributed by atoms with Crippen molar-refractivity contribution in [1.82, 2.24) is 15.0 Å². The van der Waals surface area contributed by atoms with Crippen LogP contribution >= 0.6 is 0 Å². The number of aryl methyl sites for hydroxylation is 1. The van der Waals surface area contributed by atoms with Crippen LogP contribution in [0.3, 0.4) is 0 Å². The van der Waals surface area contributed by atoms with E-state index in [0.717, 1.165) is 43.1 Å². The van der Waals surface area contributed by atoms with Crippen molar-refractivity contribution >= 4 is 5.91 Å². The van der Waals surface area contributed by atoms with E-state index in [1.54, 1.807) is 6.92 Å². The van der Waals surface area contributed by atoms with Crippen LogP contribution < -0.4 is 10.9 Å². The summed E-state index contributed by atoms with van der Waals surface area (Å²) in [4.78, 5) is 25.7. The molecule has 1 N–H and O–H groups in total. The second kappa shape index (κ2) is 6.15. The van der Waals surface area contributed by atoms with Crippen LogP contribution in [0.5, 0.6) is 0 Å². The van der Waals surface area contributed by atoms with E-state index in [-0.39, 0.29) is 18.0 Å². The highest BCUT2D eigenvalue weighted by Gasteiger charge is 2.25. The van der Waals surface area contributed by atoms with Crippen molar-refractivity contribution in [3.8, 4) is 0 Å². The number of carbonyl (C=O) groups excluding carboxylic acids is 1. The van der Waals surface area contributed by atoms with Gasteiger partial charge >= 0.3 is 0 Å². The molecular formula is C15H23N3O3. The van der Waals surface area contributed by atoms with E-state index < -0.39 is 0 Å². The average Bonchev–Trinajstić information content (AvgIpc) is 3.22. The summed E-state index contributed by atoms with van der Waals surface area (Å²) in [5, 5.41) is 3.62. The van der Waals surface area contributed by atoms with Crippen molar-refractivity contribution in [1.29, 1.82) is 0 Å². The number of likely N-dealkylation sites (tertiary alicyclic amines) is 1. The Morgan fingerprint density at radius 1 is 1.33 bits per heavy atom. The minimum atomic E-state index is -0.376. The van der Waals surface area contributed by atoms with E-state index in [4.69, 9.17) is 4.52 Å². The lowest BCUT2D eigenvalue weighted by atomic mass is 10.0. The van der Waals surface area contributed by atoms with Gasteiger partial charge in [-0.15, -0.1) is 4.74 Å². The number of piperidine rings is 1. The molecule has 0 unspecified atom stereocenters. The Balaban J connectivity index is 1.45. The van der Waals surface area contributed by atoms with Crippen LogP contribution in [-0.2, 0) is 0 Å². The molecule has 1 aliphatic heterocycles. The van der Waals surface area contributed by atoms with E-state index >= 15 is 0 Å². The average molecular weight is 293 g/mol. The molecule has 0 radical (unpaired) electrons. The molecule has 2 fully saturated rings. The zero-order valence-electron chi connectivity index (χ0n) is 12.5. The van der Waals surface area contributed by atoms with Crippen LogP contribution in [0.2, 0.25) is 0 Å². The number of nitrogens with zero attached hydrogens (tertiary/aromatic N) is 2. The van der Waals surface area contributed by atoms with E-state index in [0.29, 0.717) is 11.8 Å². The molecule has 0 aromatic carbocycles. The van der Waals surface area contributed by atoms with E-state index in [1.807, 2.05) is 0 Å². The maximum Gasteiger partial charge on any atom is 0.290 e. The number of carbonyl (C=O) groups is 1. The molecule has 21 heavy (non-hydrogen) atoms. The molecule has 1 saturated heterocycles. The molecule has 3 rings (SSSR count). The van der Waals surface area contributed by atoms with Gasteiger partial charge in [-0.3, -0.25) is 14.5 Å². The summed E-state index contributed by atoms with van der Waals surface area (Å²) in [5.41, 5.74) is -0.376. The highest BCUT2D eigenvalue weighted by atomic mass is 16.5. The van der Waals surface area contributed by atoms with Gasteiger partial charge in [0.2, 0.25) is 0 Å². The van der Waals surface area contributed by atoms with E-state index in [2.05, 4.69) is 10.2 Å².